The Hall–Kier alpha value is -5.19. The predicted octanol–water partition coefficient (Wildman–Crippen LogP) is 18.9. The van der Waals surface area contributed by atoms with E-state index in [1.165, 1.54) is 11.9 Å². The summed E-state index contributed by atoms with van der Waals surface area (Å²) in [6.45, 7) is 35.6. The van der Waals surface area contributed by atoms with Gasteiger partial charge in [0, 0.05) is 0 Å². The Balaban J connectivity index is 0.825. The molecule has 4 aliphatic heterocycles. The lowest BCUT2D eigenvalue weighted by atomic mass is 9.33. The van der Waals surface area contributed by atoms with E-state index >= 15 is 4.79 Å². The number of ether oxygens (including phenoxy) is 13. The quantitative estimate of drug-likeness (QED) is 0.0180. The molecule has 5 aromatic carbocycles. The SMILES string of the molecule is CC[Si](CC)(CC)O[C@H]1CC[C@]2(C)[C@H]3CC=C4[C@@H]5CC(C)(C)CC[C@]5(C(=O)O[C@H]5O[C@H](COCc6ccccc6)[C@H](N)[C@H](OCc6ccccc6)[C@@H]5O[C@H]5O[C@@H](C)[C@H](O[C@H]6OC[C@@H](OCc7ccccc7)[C@H](OCc7ccccc7)[C@@H]6OCc6ccccc6)[C@H]6OC(C)(C)O[C@@H]56)[C@H](O[Si](CC)(CC)CC)C[C@@]4(C)[C@]3(C)CC[C@H]2[C@]1(C)C=O. The Kier molecular flexibility index (Phi) is 27.6. The summed E-state index contributed by atoms with van der Waals surface area (Å²) in [5.41, 5.74) is 11.2. The molecule has 0 unspecified atom stereocenters. The van der Waals surface area contributed by atoms with Gasteiger partial charge in [-0.2, -0.15) is 0 Å². The van der Waals surface area contributed by atoms with E-state index in [4.69, 9.17) is 76.2 Å². The average Bonchev–Trinajstić information content (AvgIpc) is 1.06. The molecule has 0 bridgehead atoms. The molecule has 4 saturated carbocycles. The maximum atomic E-state index is 17.6. The molecule has 8 fully saturated rings. The first-order valence-electron chi connectivity index (χ1n) is 44.5. The molecule has 117 heavy (non-hydrogen) atoms. The number of nitrogens with two attached hydrogens (primary N) is 1. The van der Waals surface area contributed by atoms with E-state index in [-0.39, 0.29) is 85.7 Å². The maximum absolute atomic E-state index is 17.6. The maximum Gasteiger partial charge on any atom is 0.317 e. The topological polar surface area (TPSA) is 199 Å². The van der Waals surface area contributed by atoms with Gasteiger partial charge >= 0.3 is 5.97 Å². The van der Waals surface area contributed by atoms with Crippen molar-refractivity contribution in [2.24, 2.45) is 56.0 Å². The van der Waals surface area contributed by atoms with Crippen LogP contribution in [0.1, 0.15) is 189 Å². The number of carbonyl (C=O) groups is 2. The molecule has 2 N–H and O–H groups in total. The van der Waals surface area contributed by atoms with Gasteiger partial charge in [0.15, 0.2) is 41.1 Å². The minimum Gasteiger partial charge on any atom is -0.432 e. The lowest BCUT2D eigenvalue weighted by Crippen LogP contribution is -2.70. The molecule has 4 saturated heterocycles. The van der Waals surface area contributed by atoms with E-state index in [9.17, 15) is 4.79 Å². The van der Waals surface area contributed by atoms with E-state index in [2.05, 4.69) is 89.2 Å². The molecule has 5 aliphatic carbocycles. The lowest BCUT2D eigenvalue weighted by Gasteiger charge is -2.72. The molecule has 640 valence electrons. The number of aldehydes is 1. The normalized spacial score (nSPS) is 37.1. The molecule has 0 aromatic heterocycles. The molecule has 0 radical (unpaired) electrons. The standard InChI is InChI=1S/C97H137NO17Si2/c1-16-116(17-2,18-3)114-77-50-51-93(12)75(94(77,13)64-99)49-52-95(14)76(93)48-47-71-72-55-91(8,9)53-54-97(72,78(56-96(71,95)15)115-117(19-4,20-5)21-6)90(100)111-88-85(82(104-60-69-43-33-25-34-44-69)79(98)73(108-88)62-101-57-66-37-27-22-28-38-66)110-89-86-83(112-92(10,11)113-86)80(65(7)107-89)109-87-84(105-61-70-45-35-26-36-46-70)81(103-59-68-41-31-24-32-42-68)74(63-106-87)102-58-67-39-29-23-30-40-67/h22-47,64-65,72-89H,16-21,48-63,98H2,1-15H3/t65-,72-,73+,74+,75+,76+,77-,78+,79-,80-,81-,82-,83+,84-,85-,86+,87+,88+,89+,93-,94-,95+,96+,97+/m0/s1. The number of hydrogen-bond donors (Lipinski definition) is 1. The van der Waals surface area contributed by atoms with E-state index in [1.54, 1.807) is 0 Å². The van der Waals surface area contributed by atoms with Crippen molar-refractivity contribution in [1.82, 2.24) is 0 Å². The summed E-state index contributed by atoms with van der Waals surface area (Å²) in [6, 6.07) is 55.1. The first-order chi connectivity index (χ1) is 56.2. The summed E-state index contributed by atoms with van der Waals surface area (Å²) >= 11 is 0. The van der Waals surface area contributed by atoms with Crippen molar-refractivity contribution in [2.45, 2.75) is 335 Å². The van der Waals surface area contributed by atoms with E-state index in [0.29, 0.717) is 19.4 Å². The molecule has 4 heterocycles. The van der Waals surface area contributed by atoms with Gasteiger partial charge in [0.25, 0.3) is 0 Å². The number of benzene rings is 5. The zero-order chi connectivity index (χ0) is 82.8. The summed E-state index contributed by atoms with van der Waals surface area (Å²) in [5.74, 6) is -1.42. The minimum absolute atomic E-state index is 0.0413. The van der Waals surface area contributed by atoms with Crippen LogP contribution in [0.25, 0.3) is 0 Å². The second kappa shape index (κ2) is 36.7. The molecular weight excluding hydrogens is 1510 g/mol. The van der Waals surface area contributed by atoms with Crippen molar-refractivity contribution in [3.63, 3.8) is 0 Å². The van der Waals surface area contributed by atoms with Gasteiger partial charge in [0.2, 0.25) is 6.29 Å². The third-order valence-corrected chi connectivity index (χ3v) is 39.9. The fourth-order valence-corrected chi connectivity index (χ4v) is 28.9. The number of allylic oxidation sites excluding steroid dienone is 2. The molecular formula is C97H137NO17Si2. The number of esters is 1. The second-order valence-corrected chi connectivity index (χ2v) is 47.5. The zero-order valence-corrected chi connectivity index (χ0v) is 74.6. The summed E-state index contributed by atoms with van der Waals surface area (Å²) in [4.78, 5) is 31.8. The summed E-state index contributed by atoms with van der Waals surface area (Å²) in [7, 11) is -4.63. The monoisotopic (exact) mass is 1640 g/mol. The first kappa shape index (κ1) is 88.1. The summed E-state index contributed by atoms with van der Waals surface area (Å²) in [5, 5.41) is 0. The molecule has 0 amide bonds. The van der Waals surface area contributed by atoms with Crippen LogP contribution in [-0.2, 0) is 113 Å². The highest BCUT2D eigenvalue weighted by atomic mass is 28.4. The third-order valence-electron chi connectivity index (χ3n) is 30.6. The molecule has 18 nitrogen and oxygen atoms in total. The Morgan fingerprint density at radius 2 is 1.03 bits per heavy atom. The van der Waals surface area contributed by atoms with Crippen LogP contribution in [-0.4, -0.2) is 146 Å². The molecule has 14 rings (SSSR count). The van der Waals surface area contributed by atoms with Crippen molar-refractivity contribution in [3.8, 4) is 0 Å². The van der Waals surface area contributed by atoms with Crippen molar-refractivity contribution in [2.75, 3.05) is 13.2 Å². The van der Waals surface area contributed by atoms with Gasteiger partial charge in [0.05, 0.1) is 81.4 Å². The Bertz CT molecular complexity index is 4050. The van der Waals surface area contributed by atoms with E-state index in [1.807, 2.05) is 172 Å². The third kappa shape index (κ3) is 17.8. The Labute approximate surface area is 700 Å². The molecule has 0 spiro atoms. The Morgan fingerprint density at radius 1 is 0.521 bits per heavy atom. The highest BCUT2D eigenvalue weighted by Gasteiger charge is 2.74. The van der Waals surface area contributed by atoms with Gasteiger partial charge in [-0.15, -0.1) is 0 Å². The van der Waals surface area contributed by atoms with Gasteiger partial charge in [-0.3, -0.25) is 4.79 Å². The van der Waals surface area contributed by atoms with Crippen LogP contribution in [0, 0.1) is 50.2 Å². The fraction of sp³-hybridized carbons (Fsp3) is 0.649. The minimum atomic E-state index is -2.56. The number of hydrogen-bond acceptors (Lipinski definition) is 18. The van der Waals surface area contributed by atoms with Gasteiger partial charge in [-0.1, -0.05) is 246 Å². The smallest absolute Gasteiger partial charge is 0.317 e. The van der Waals surface area contributed by atoms with Gasteiger partial charge in [0.1, 0.15) is 55.1 Å². The molecule has 20 heteroatoms. The van der Waals surface area contributed by atoms with Crippen LogP contribution in [0.4, 0.5) is 0 Å². The second-order valence-electron chi connectivity index (χ2n) is 38.0. The van der Waals surface area contributed by atoms with Crippen molar-refractivity contribution in [1.29, 1.82) is 0 Å². The Morgan fingerprint density at radius 3 is 1.57 bits per heavy atom. The van der Waals surface area contributed by atoms with Gasteiger partial charge in [-0.05, 0) is 182 Å². The largest absolute Gasteiger partial charge is 0.432 e. The van der Waals surface area contributed by atoms with Crippen molar-refractivity contribution < 1.29 is 80.0 Å². The first-order valence-corrected chi connectivity index (χ1v) is 49.6. The number of fused-ring (bicyclic) bond motifs is 8. The zero-order valence-electron chi connectivity index (χ0n) is 72.6. The van der Waals surface area contributed by atoms with E-state index < -0.39 is 131 Å². The van der Waals surface area contributed by atoms with Gasteiger partial charge < -0.3 is 81.0 Å². The average molecular weight is 1650 g/mol. The van der Waals surface area contributed by atoms with Crippen LogP contribution >= 0.6 is 0 Å². The van der Waals surface area contributed by atoms with Crippen LogP contribution < -0.4 is 5.73 Å². The predicted molar refractivity (Wildman–Crippen MR) is 456 cm³/mol. The highest BCUT2D eigenvalue weighted by molar-refractivity contribution is 6.74. The van der Waals surface area contributed by atoms with Crippen LogP contribution in [0.5, 0.6) is 0 Å². The fourth-order valence-electron chi connectivity index (χ4n) is 23.1. The number of carbonyl (C=O) groups excluding carboxylic acids is 2. The lowest BCUT2D eigenvalue weighted by molar-refractivity contribution is -0.365. The van der Waals surface area contributed by atoms with Crippen LogP contribution in [0.3, 0.4) is 0 Å². The molecule has 24 atom stereocenters. The molecule has 9 aliphatic rings. The van der Waals surface area contributed by atoms with Gasteiger partial charge in [-0.25, -0.2) is 0 Å². The summed E-state index contributed by atoms with van der Waals surface area (Å²) in [6.07, 6.45) is -1.68. The number of rotatable bonds is 33. The molecule has 5 aromatic rings. The van der Waals surface area contributed by atoms with Crippen LogP contribution in [0.2, 0.25) is 36.3 Å². The highest BCUT2D eigenvalue weighted by Crippen LogP contribution is 2.77. The van der Waals surface area contributed by atoms with Crippen LogP contribution in [0.15, 0.2) is 163 Å². The van der Waals surface area contributed by atoms with Crippen molar-refractivity contribution in [3.05, 3.63) is 191 Å². The van der Waals surface area contributed by atoms with Crippen molar-refractivity contribution >= 4 is 28.9 Å². The summed E-state index contributed by atoms with van der Waals surface area (Å²) < 4.78 is 109. The van der Waals surface area contributed by atoms with E-state index in [0.717, 1.165) is 109 Å².